The fourth-order valence-electron chi connectivity index (χ4n) is 1.55. The second-order valence-electron chi connectivity index (χ2n) is 3.98. The molecule has 0 bridgehead atoms. The molecule has 7 heteroatoms. The second kappa shape index (κ2) is 5.98. The van der Waals surface area contributed by atoms with Gasteiger partial charge in [-0.25, -0.2) is 22.5 Å². The number of rotatable bonds is 5. The Morgan fingerprint density at radius 2 is 1.95 bits per heavy atom. The van der Waals surface area contributed by atoms with Crippen LogP contribution in [-0.4, -0.2) is 20.5 Å². The fourth-order valence-corrected chi connectivity index (χ4v) is 2.57. The lowest BCUT2D eigenvalue weighted by atomic mass is 10.3. The summed E-state index contributed by atoms with van der Waals surface area (Å²) in [6, 6.07) is 7.94. The van der Waals surface area contributed by atoms with Gasteiger partial charge in [-0.2, -0.15) is 0 Å². The van der Waals surface area contributed by atoms with Gasteiger partial charge in [0, 0.05) is 18.8 Å². The Morgan fingerprint density at radius 3 is 2.60 bits per heavy atom. The minimum Gasteiger partial charge on any atom is -0.481 e. The summed E-state index contributed by atoms with van der Waals surface area (Å²) in [6.07, 6.45) is 1.53. The maximum Gasteiger partial charge on any atom is 0.240 e. The number of benzene rings is 1. The van der Waals surface area contributed by atoms with Gasteiger partial charge in [0.05, 0.1) is 12.0 Å². The highest BCUT2D eigenvalue weighted by Crippen LogP contribution is 2.12. The zero-order valence-electron chi connectivity index (χ0n) is 10.7. The van der Waals surface area contributed by atoms with Crippen molar-refractivity contribution in [2.45, 2.75) is 11.4 Å². The Morgan fingerprint density at radius 1 is 1.25 bits per heavy atom. The van der Waals surface area contributed by atoms with Crippen LogP contribution in [0.4, 0.5) is 4.39 Å². The minimum absolute atomic E-state index is 0.0138. The van der Waals surface area contributed by atoms with Gasteiger partial charge in [0.15, 0.2) is 0 Å². The van der Waals surface area contributed by atoms with E-state index in [-0.39, 0.29) is 11.4 Å². The monoisotopic (exact) mass is 296 g/mol. The molecule has 1 aromatic carbocycles. The average molecular weight is 296 g/mol. The van der Waals surface area contributed by atoms with Crippen LogP contribution in [0.2, 0.25) is 0 Å². The van der Waals surface area contributed by atoms with Crippen LogP contribution in [-0.2, 0) is 16.6 Å². The first kappa shape index (κ1) is 14.4. The summed E-state index contributed by atoms with van der Waals surface area (Å²) in [6.45, 7) is 0.0958. The van der Waals surface area contributed by atoms with Crippen molar-refractivity contribution < 1.29 is 17.5 Å². The molecule has 0 saturated carbocycles. The Kier molecular flexibility index (Phi) is 4.31. The molecule has 2 aromatic rings. The van der Waals surface area contributed by atoms with E-state index in [1.165, 1.54) is 25.4 Å². The zero-order valence-corrected chi connectivity index (χ0v) is 11.5. The quantitative estimate of drug-likeness (QED) is 0.912. The van der Waals surface area contributed by atoms with E-state index in [9.17, 15) is 12.8 Å². The largest absolute Gasteiger partial charge is 0.481 e. The van der Waals surface area contributed by atoms with Gasteiger partial charge in [0.25, 0.3) is 0 Å². The molecular weight excluding hydrogens is 283 g/mol. The van der Waals surface area contributed by atoms with Crippen molar-refractivity contribution in [1.29, 1.82) is 0 Å². The summed E-state index contributed by atoms with van der Waals surface area (Å²) >= 11 is 0. The van der Waals surface area contributed by atoms with E-state index in [2.05, 4.69) is 9.71 Å². The summed E-state index contributed by atoms with van der Waals surface area (Å²) in [5, 5.41) is 0. The molecule has 2 rings (SSSR count). The first-order valence-electron chi connectivity index (χ1n) is 5.75. The Hall–Kier alpha value is -1.99. The van der Waals surface area contributed by atoms with E-state index < -0.39 is 15.8 Å². The van der Waals surface area contributed by atoms with Crippen molar-refractivity contribution in [3.8, 4) is 5.88 Å². The Balaban J connectivity index is 2.10. The molecule has 1 heterocycles. The molecule has 5 nitrogen and oxygen atoms in total. The summed E-state index contributed by atoms with van der Waals surface area (Å²) in [4.78, 5) is 3.94. The highest BCUT2D eigenvalue weighted by Gasteiger charge is 2.13. The lowest BCUT2D eigenvalue weighted by Gasteiger charge is -2.07. The summed E-state index contributed by atoms with van der Waals surface area (Å²) in [5.41, 5.74) is 0.711. The van der Waals surface area contributed by atoms with Crippen LogP contribution in [0.1, 0.15) is 5.56 Å². The molecule has 1 N–H and O–H groups in total. The van der Waals surface area contributed by atoms with E-state index in [0.717, 1.165) is 12.1 Å². The molecule has 0 spiro atoms. The van der Waals surface area contributed by atoms with Gasteiger partial charge >= 0.3 is 0 Å². The number of halogens is 1. The Labute approximate surface area is 116 Å². The molecule has 106 valence electrons. The summed E-state index contributed by atoms with van der Waals surface area (Å²) in [5.74, 6) is -0.0775. The molecule has 0 unspecified atom stereocenters. The third-order valence-corrected chi connectivity index (χ3v) is 4.02. The molecule has 0 saturated heterocycles. The molecule has 0 amide bonds. The minimum atomic E-state index is -3.67. The molecule has 0 atom stereocenters. The molecule has 0 fully saturated rings. The molecule has 0 aliphatic carbocycles. The lowest BCUT2D eigenvalue weighted by molar-refractivity contribution is 0.397. The predicted molar refractivity (Wildman–Crippen MR) is 71.2 cm³/mol. The van der Waals surface area contributed by atoms with Crippen molar-refractivity contribution in [3.05, 3.63) is 54.0 Å². The number of hydrogen-bond acceptors (Lipinski definition) is 4. The van der Waals surface area contributed by atoms with E-state index >= 15 is 0 Å². The number of nitrogens with zero attached hydrogens (tertiary/aromatic N) is 1. The number of methoxy groups -OCH3 is 1. The lowest BCUT2D eigenvalue weighted by Crippen LogP contribution is -2.23. The van der Waals surface area contributed by atoms with E-state index in [1.807, 2.05) is 0 Å². The van der Waals surface area contributed by atoms with Crippen LogP contribution in [0, 0.1) is 5.82 Å². The van der Waals surface area contributed by atoms with Gasteiger partial charge in [-0.1, -0.05) is 0 Å². The highest BCUT2D eigenvalue weighted by molar-refractivity contribution is 7.89. The smallest absolute Gasteiger partial charge is 0.240 e. The standard InChI is InChI=1S/C13H13FN2O3S/c1-19-13-8-10(6-7-15-13)9-16-20(17,18)12-4-2-11(14)3-5-12/h2-8,16H,9H2,1H3. The number of ether oxygens (including phenoxy) is 1. The van der Waals surface area contributed by atoms with Crippen LogP contribution < -0.4 is 9.46 Å². The topological polar surface area (TPSA) is 68.3 Å². The third kappa shape index (κ3) is 3.52. The van der Waals surface area contributed by atoms with Crippen LogP contribution in [0.3, 0.4) is 0 Å². The van der Waals surface area contributed by atoms with Crippen LogP contribution in [0.25, 0.3) is 0 Å². The average Bonchev–Trinajstić information content (AvgIpc) is 2.46. The van der Waals surface area contributed by atoms with Crippen molar-refractivity contribution in [3.63, 3.8) is 0 Å². The predicted octanol–water partition coefficient (Wildman–Crippen LogP) is 1.71. The number of sulfonamides is 1. The van der Waals surface area contributed by atoms with Crippen molar-refractivity contribution >= 4 is 10.0 Å². The summed E-state index contributed by atoms with van der Waals surface area (Å²) < 4.78 is 44.1. The molecule has 0 aliphatic heterocycles. The number of aromatic nitrogens is 1. The fraction of sp³-hybridized carbons (Fsp3) is 0.154. The van der Waals surface area contributed by atoms with E-state index in [4.69, 9.17) is 4.74 Å². The van der Waals surface area contributed by atoms with Gasteiger partial charge in [-0.15, -0.1) is 0 Å². The summed E-state index contributed by atoms with van der Waals surface area (Å²) in [7, 11) is -2.19. The Bertz CT molecular complexity index is 687. The van der Waals surface area contributed by atoms with Gasteiger partial charge in [-0.3, -0.25) is 0 Å². The van der Waals surface area contributed by atoms with Crippen LogP contribution in [0.15, 0.2) is 47.5 Å². The second-order valence-corrected chi connectivity index (χ2v) is 5.75. The van der Waals surface area contributed by atoms with Gasteiger partial charge in [0.1, 0.15) is 5.82 Å². The zero-order chi connectivity index (χ0) is 14.6. The first-order valence-corrected chi connectivity index (χ1v) is 7.24. The molecule has 20 heavy (non-hydrogen) atoms. The van der Waals surface area contributed by atoms with Crippen molar-refractivity contribution in [2.24, 2.45) is 0 Å². The number of hydrogen-bond donors (Lipinski definition) is 1. The van der Waals surface area contributed by atoms with Crippen LogP contribution in [0.5, 0.6) is 5.88 Å². The normalized spacial score (nSPS) is 11.3. The SMILES string of the molecule is COc1cc(CNS(=O)(=O)c2ccc(F)cc2)ccn1. The van der Waals surface area contributed by atoms with Gasteiger partial charge in [0.2, 0.25) is 15.9 Å². The van der Waals surface area contributed by atoms with Crippen molar-refractivity contribution in [1.82, 2.24) is 9.71 Å². The van der Waals surface area contributed by atoms with Crippen LogP contribution >= 0.6 is 0 Å². The molecule has 0 aliphatic rings. The van der Waals surface area contributed by atoms with E-state index in [1.54, 1.807) is 12.1 Å². The molecular formula is C13H13FN2O3S. The third-order valence-electron chi connectivity index (χ3n) is 2.60. The van der Waals surface area contributed by atoms with Gasteiger partial charge < -0.3 is 4.74 Å². The van der Waals surface area contributed by atoms with Gasteiger partial charge in [-0.05, 0) is 35.9 Å². The molecule has 1 aromatic heterocycles. The first-order chi connectivity index (χ1) is 9.51. The van der Waals surface area contributed by atoms with Crippen molar-refractivity contribution in [2.75, 3.05) is 7.11 Å². The molecule has 0 radical (unpaired) electrons. The highest BCUT2D eigenvalue weighted by atomic mass is 32.2. The maximum absolute atomic E-state index is 12.8. The number of nitrogens with one attached hydrogen (secondary N) is 1. The number of pyridine rings is 1. The maximum atomic E-state index is 12.8. The van der Waals surface area contributed by atoms with E-state index in [0.29, 0.717) is 11.4 Å².